The van der Waals surface area contributed by atoms with Crippen molar-refractivity contribution >= 4 is 34.7 Å². The van der Waals surface area contributed by atoms with E-state index < -0.39 is 11.0 Å². The molecule has 47 heavy (non-hydrogen) atoms. The van der Waals surface area contributed by atoms with Gasteiger partial charge in [-0.2, -0.15) is 0 Å². The van der Waals surface area contributed by atoms with Crippen molar-refractivity contribution in [3.05, 3.63) is 166 Å². The number of carbonyl (C=O) groups is 1. The van der Waals surface area contributed by atoms with Gasteiger partial charge in [0.2, 0.25) is 0 Å². The molecule has 0 radical (unpaired) electrons. The molecule has 9 nitrogen and oxygen atoms in total. The van der Waals surface area contributed by atoms with Gasteiger partial charge in [-0.1, -0.05) is 79.8 Å². The summed E-state index contributed by atoms with van der Waals surface area (Å²) in [6.07, 6.45) is 1.81. The zero-order valence-electron chi connectivity index (χ0n) is 26.0. The van der Waals surface area contributed by atoms with E-state index in [1.807, 2.05) is 91.9 Å². The number of benzene rings is 4. The summed E-state index contributed by atoms with van der Waals surface area (Å²) in [5, 5.41) is 13.9. The maximum Gasteiger partial charge on any atom is 0.271 e. The minimum Gasteiger partial charge on any atom is -0.489 e. The largest absolute Gasteiger partial charge is 0.489 e. The molecule has 6 rings (SSSR count). The van der Waals surface area contributed by atoms with Crippen LogP contribution in [0.3, 0.4) is 0 Å². The van der Waals surface area contributed by atoms with Gasteiger partial charge in [0, 0.05) is 17.8 Å². The molecule has 1 unspecified atom stereocenters. The lowest BCUT2D eigenvalue weighted by Gasteiger charge is -2.25. The van der Waals surface area contributed by atoms with Crippen LogP contribution in [0.15, 0.2) is 124 Å². The highest BCUT2D eigenvalue weighted by atomic mass is 32.1. The first-order valence-electron chi connectivity index (χ1n) is 15.1. The predicted molar refractivity (Wildman–Crippen MR) is 183 cm³/mol. The third-order valence-electron chi connectivity index (χ3n) is 7.95. The van der Waals surface area contributed by atoms with Crippen molar-refractivity contribution in [3.63, 3.8) is 0 Å². The third-order valence-corrected chi connectivity index (χ3v) is 8.93. The van der Waals surface area contributed by atoms with Gasteiger partial charge in [-0.3, -0.25) is 24.3 Å². The van der Waals surface area contributed by atoms with Crippen molar-refractivity contribution in [3.8, 4) is 5.75 Å². The number of nitrogens with zero attached hydrogens (tertiary/aromatic N) is 3. The number of ether oxygens (including phenoxy) is 1. The molecule has 0 bridgehead atoms. The number of allylic oxidation sites excluding steroid dienone is 1. The van der Waals surface area contributed by atoms with Crippen molar-refractivity contribution in [1.82, 2.24) is 4.57 Å². The lowest BCUT2D eigenvalue weighted by atomic mass is 9.93. The normalized spacial score (nSPS) is 14.5. The number of hydrogen-bond donors (Lipinski definition) is 1. The van der Waals surface area contributed by atoms with E-state index >= 15 is 0 Å². The molecule has 1 aromatic heterocycles. The number of para-hydroxylation sites is 1. The second-order valence-electron chi connectivity index (χ2n) is 11.5. The first kappa shape index (κ1) is 31.4. The Morgan fingerprint density at radius 2 is 1.68 bits per heavy atom. The number of anilines is 1. The van der Waals surface area contributed by atoms with Crippen LogP contribution in [-0.2, 0) is 11.4 Å². The first-order chi connectivity index (χ1) is 22.7. The molecule has 0 saturated heterocycles. The van der Waals surface area contributed by atoms with Gasteiger partial charge in [-0.15, -0.1) is 0 Å². The van der Waals surface area contributed by atoms with Crippen LogP contribution in [0, 0.1) is 10.1 Å². The number of carbonyl (C=O) groups excluding carboxylic acids is 1. The van der Waals surface area contributed by atoms with Crippen molar-refractivity contribution in [2.45, 2.75) is 39.3 Å². The van der Waals surface area contributed by atoms with E-state index in [0.29, 0.717) is 38.0 Å². The Labute approximate surface area is 275 Å². The fourth-order valence-electron chi connectivity index (χ4n) is 5.40. The van der Waals surface area contributed by atoms with E-state index in [9.17, 15) is 19.7 Å². The molecule has 1 aliphatic heterocycles. The third kappa shape index (κ3) is 6.83. The lowest BCUT2D eigenvalue weighted by Crippen LogP contribution is -2.40. The second-order valence-corrected chi connectivity index (χ2v) is 12.5. The van der Waals surface area contributed by atoms with Crippen molar-refractivity contribution in [2.75, 3.05) is 5.32 Å². The highest BCUT2D eigenvalue weighted by molar-refractivity contribution is 7.07. The van der Waals surface area contributed by atoms with Crippen LogP contribution >= 0.6 is 11.3 Å². The Bertz CT molecular complexity index is 2150. The van der Waals surface area contributed by atoms with Crippen LogP contribution in [0.4, 0.5) is 11.4 Å². The Hall–Kier alpha value is -5.61. The van der Waals surface area contributed by atoms with Crippen LogP contribution < -0.4 is 24.9 Å². The van der Waals surface area contributed by atoms with Gasteiger partial charge in [0.1, 0.15) is 12.4 Å². The topological polar surface area (TPSA) is 116 Å². The monoisotopic (exact) mass is 644 g/mol. The van der Waals surface area contributed by atoms with E-state index in [4.69, 9.17) is 9.73 Å². The molecule has 0 spiro atoms. The summed E-state index contributed by atoms with van der Waals surface area (Å²) < 4.78 is 7.97. The van der Waals surface area contributed by atoms with E-state index in [2.05, 4.69) is 19.2 Å². The average molecular weight is 645 g/mol. The highest BCUT2D eigenvalue weighted by Gasteiger charge is 2.32. The number of rotatable bonds is 9. The fraction of sp³-hybridized carbons (Fsp3) is 0.162. The maximum absolute atomic E-state index is 14.1. The van der Waals surface area contributed by atoms with Crippen molar-refractivity contribution in [1.29, 1.82) is 0 Å². The van der Waals surface area contributed by atoms with Crippen LogP contribution in [0.1, 0.15) is 55.0 Å². The fourth-order valence-corrected chi connectivity index (χ4v) is 6.45. The summed E-state index contributed by atoms with van der Waals surface area (Å²) in [6.45, 7) is 6.31. The Morgan fingerprint density at radius 1 is 1.00 bits per heavy atom. The number of non-ortho nitro benzene ring substituents is 1. The molecule has 0 aliphatic carbocycles. The number of hydrogen-bond acceptors (Lipinski definition) is 7. The van der Waals surface area contributed by atoms with Crippen molar-refractivity contribution < 1.29 is 14.5 Å². The number of thiazole rings is 1. The highest BCUT2D eigenvalue weighted by Crippen LogP contribution is 2.31. The zero-order valence-corrected chi connectivity index (χ0v) is 26.9. The molecule has 10 heteroatoms. The smallest absolute Gasteiger partial charge is 0.271 e. The molecular weight excluding hydrogens is 612 g/mol. The standard InChI is InChI=1S/C37H32N4O5S/c1-23(2)27-13-15-28(16-14-27)34-33(35(42)39-29-7-5-4-6-8-29)24(3)38-37-40(34)36(43)32(47-37)21-25-11-19-31(20-12-25)46-22-26-9-17-30(18-10-26)41(44)45/h4-21,23,34H,22H2,1-3H3,(H,39,42)/b32-21-. The van der Waals surface area contributed by atoms with Crippen molar-refractivity contribution in [2.24, 2.45) is 4.99 Å². The molecular formula is C37H32N4O5S. The number of nitrogens with one attached hydrogen (secondary N) is 1. The average Bonchev–Trinajstić information content (AvgIpc) is 3.37. The van der Waals surface area contributed by atoms with Gasteiger partial charge in [0.05, 0.1) is 26.8 Å². The van der Waals surface area contributed by atoms with E-state index in [-0.39, 0.29) is 23.8 Å². The Kier molecular flexibility index (Phi) is 8.94. The van der Waals surface area contributed by atoms with Gasteiger partial charge in [-0.05, 0) is 77.6 Å². The molecule has 0 saturated carbocycles. The lowest BCUT2D eigenvalue weighted by molar-refractivity contribution is -0.384. The summed E-state index contributed by atoms with van der Waals surface area (Å²) in [5.74, 6) is 0.647. The quantitative estimate of drug-likeness (QED) is 0.146. The maximum atomic E-state index is 14.1. The van der Waals surface area contributed by atoms with Gasteiger partial charge >= 0.3 is 0 Å². The van der Waals surface area contributed by atoms with E-state index in [1.165, 1.54) is 23.5 Å². The first-order valence-corrected chi connectivity index (χ1v) is 15.9. The minimum atomic E-state index is -0.659. The van der Waals surface area contributed by atoms with Gasteiger partial charge in [-0.25, -0.2) is 4.99 Å². The number of amides is 1. The summed E-state index contributed by atoms with van der Waals surface area (Å²) in [5.41, 5.74) is 5.02. The predicted octanol–water partition coefficient (Wildman–Crippen LogP) is 6.48. The summed E-state index contributed by atoms with van der Waals surface area (Å²) in [6, 6.07) is 30.2. The number of aromatic nitrogens is 1. The molecule has 1 N–H and O–H groups in total. The Morgan fingerprint density at radius 3 is 2.32 bits per heavy atom. The molecule has 2 heterocycles. The zero-order chi connectivity index (χ0) is 33.1. The number of fused-ring (bicyclic) bond motifs is 1. The molecule has 1 amide bonds. The number of nitro groups is 1. The van der Waals surface area contributed by atoms with Gasteiger partial charge in [0.15, 0.2) is 4.80 Å². The Balaban J connectivity index is 1.31. The SMILES string of the molecule is CC1=C(C(=O)Nc2ccccc2)C(c2ccc(C(C)C)cc2)n2c(s/c(=C\c3ccc(OCc4ccc([N+](=O)[O-])cc4)cc3)c2=O)=N1. The second kappa shape index (κ2) is 13.4. The molecule has 0 fully saturated rings. The molecule has 1 aliphatic rings. The van der Waals surface area contributed by atoms with Gasteiger partial charge < -0.3 is 10.1 Å². The minimum absolute atomic E-state index is 0.0283. The molecule has 4 aromatic carbocycles. The van der Waals surface area contributed by atoms with E-state index in [1.54, 1.807) is 16.7 Å². The van der Waals surface area contributed by atoms with Crippen LogP contribution in [-0.4, -0.2) is 15.4 Å². The summed E-state index contributed by atoms with van der Waals surface area (Å²) >= 11 is 1.28. The molecule has 1 atom stereocenters. The van der Waals surface area contributed by atoms with Crippen LogP contribution in [0.5, 0.6) is 5.75 Å². The van der Waals surface area contributed by atoms with Crippen LogP contribution in [0.25, 0.3) is 6.08 Å². The van der Waals surface area contributed by atoms with Crippen LogP contribution in [0.2, 0.25) is 0 Å². The summed E-state index contributed by atoms with van der Waals surface area (Å²) in [4.78, 5) is 43.6. The molecule has 236 valence electrons. The number of nitro benzene ring substituents is 1. The molecule has 5 aromatic rings. The van der Waals surface area contributed by atoms with E-state index in [0.717, 1.165) is 22.3 Å². The van der Waals surface area contributed by atoms with Gasteiger partial charge in [0.25, 0.3) is 17.2 Å². The summed E-state index contributed by atoms with van der Waals surface area (Å²) in [7, 11) is 0.